The number of carbonyl (C=O) groups excluding carboxylic acids is 1. The van der Waals surface area contributed by atoms with Gasteiger partial charge in [-0.05, 0) is 35.9 Å². The van der Waals surface area contributed by atoms with Crippen molar-refractivity contribution in [3.05, 3.63) is 75.2 Å². The van der Waals surface area contributed by atoms with Crippen molar-refractivity contribution in [1.29, 1.82) is 0 Å². The molecule has 0 saturated heterocycles. The highest BCUT2D eigenvalue weighted by Crippen LogP contribution is 2.31. The number of nitrogens with zero attached hydrogens (tertiary/aromatic N) is 2. The van der Waals surface area contributed by atoms with Crippen molar-refractivity contribution in [1.82, 2.24) is 10.4 Å². The summed E-state index contributed by atoms with van der Waals surface area (Å²) in [5, 5.41) is 8.76. The molecule has 0 aliphatic heterocycles. The van der Waals surface area contributed by atoms with Gasteiger partial charge in [0.05, 0.1) is 23.9 Å². The molecule has 3 rings (SSSR count). The Hall–Kier alpha value is -2.72. The van der Waals surface area contributed by atoms with Gasteiger partial charge in [0.2, 0.25) is 5.91 Å². The number of hydrazone groups is 1. The summed E-state index contributed by atoms with van der Waals surface area (Å²) in [7, 11) is 0. The van der Waals surface area contributed by atoms with E-state index in [1.807, 2.05) is 24.3 Å². The number of halogens is 4. The summed E-state index contributed by atoms with van der Waals surface area (Å²) in [6, 6.07) is 12.2. The maximum Gasteiger partial charge on any atom is 0.416 e. The van der Waals surface area contributed by atoms with Crippen molar-refractivity contribution in [2.75, 3.05) is 5.32 Å². The van der Waals surface area contributed by atoms with E-state index in [9.17, 15) is 18.0 Å². The highest BCUT2D eigenvalue weighted by atomic mass is 79.9. The van der Waals surface area contributed by atoms with Crippen LogP contribution in [0.2, 0.25) is 0 Å². The average Bonchev–Trinajstić information content (AvgIpc) is 3.09. The van der Waals surface area contributed by atoms with E-state index in [0.29, 0.717) is 10.8 Å². The van der Waals surface area contributed by atoms with E-state index in [4.69, 9.17) is 0 Å². The van der Waals surface area contributed by atoms with Crippen LogP contribution in [-0.2, 0) is 17.4 Å². The predicted octanol–water partition coefficient (Wildman–Crippen LogP) is 5.36. The third kappa shape index (κ3) is 6.40. The maximum absolute atomic E-state index is 12.8. The molecule has 29 heavy (non-hydrogen) atoms. The van der Waals surface area contributed by atoms with Crippen molar-refractivity contribution in [3.63, 3.8) is 0 Å². The van der Waals surface area contributed by atoms with Crippen LogP contribution in [0.3, 0.4) is 0 Å². The second kappa shape index (κ2) is 9.19. The molecule has 0 spiro atoms. The van der Waals surface area contributed by atoms with Gasteiger partial charge in [-0.3, -0.25) is 4.79 Å². The summed E-state index contributed by atoms with van der Waals surface area (Å²) in [6.07, 6.45) is -2.90. The minimum Gasteiger partial charge on any atom is -0.332 e. The highest BCUT2D eigenvalue weighted by molar-refractivity contribution is 9.10. The smallest absolute Gasteiger partial charge is 0.332 e. The van der Waals surface area contributed by atoms with E-state index in [-0.39, 0.29) is 18.0 Å². The Kier molecular flexibility index (Phi) is 6.65. The summed E-state index contributed by atoms with van der Waals surface area (Å²) in [4.78, 5) is 16.2. The molecule has 0 atom stereocenters. The topological polar surface area (TPSA) is 66.4 Å². The van der Waals surface area contributed by atoms with E-state index in [1.54, 1.807) is 5.38 Å². The zero-order chi connectivity index (χ0) is 20.9. The van der Waals surface area contributed by atoms with Crippen LogP contribution in [0.1, 0.15) is 16.8 Å². The first-order valence-corrected chi connectivity index (χ1v) is 9.93. The Morgan fingerprint density at radius 2 is 1.97 bits per heavy atom. The molecule has 0 aliphatic rings. The van der Waals surface area contributed by atoms with Gasteiger partial charge in [-0.1, -0.05) is 34.1 Å². The SMILES string of the molecule is O=C(Cc1csc(Nc2cccc(C(F)(F)F)c2)n1)N/N=C\c1ccc(Br)cc1. The quantitative estimate of drug-likeness (QED) is 0.367. The van der Waals surface area contributed by atoms with Gasteiger partial charge in [-0.25, -0.2) is 10.4 Å². The number of thiazole rings is 1. The molecule has 0 radical (unpaired) electrons. The lowest BCUT2D eigenvalue weighted by Crippen LogP contribution is -2.19. The number of benzene rings is 2. The van der Waals surface area contributed by atoms with E-state index in [0.717, 1.165) is 22.2 Å². The molecule has 2 aromatic carbocycles. The molecule has 0 bridgehead atoms. The van der Waals surface area contributed by atoms with Crippen LogP contribution < -0.4 is 10.7 Å². The molecule has 0 fully saturated rings. The fraction of sp³-hybridized carbons (Fsp3) is 0.105. The van der Waals surface area contributed by atoms with Crippen LogP contribution in [0, 0.1) is 0 Å². The molecule has 5 nitrogen and oxygen atoms in total. The van der Waals surface area contributed by atoms with Gasteiger partial charge in [0.15, 0.2) is 5.13 Å². The van der Waals surface area contributed by atoms with E-state index < -0.39 is 11.7 Å². The number of amides is 1. The van der Waals surface area contributed by atoms with Crippen LogP contribution >= 0.6 is 27.3 Å². The Bertz CT molecular complexity index is 1020. The summed E-state index contributed by atoms with van der Waals surface area (Å²) in [5.74, 6) is -0.353. The molecule has 1 amide bonds. The lowest BCUT2D eigenvalue weighted by Gasteiger charge is -2.08. The highest BCUT2D eigenvalue weighted by Gasteiger charge is 2.30. The lowest BCUT2D eigenvalue weighted by atomic mass is 10.2. The Balaban J connectivity index is 1.54. The van der Waals surface area contributed by atoms with Gasteiger partial charge < -0.3 is 5.32 Å². The second-order valence-corrected chi connectivity index (χ2v) is 7.64. The standard InChI is InChI=1S/C19H14BrF3N4OS/c20-14-6-4-12(5-7-14)10-24-27-17(28)9-16-11-29-18(26-16)25-15-3-1-2-13(8-15)19(21,22)23/h1-8,10-11H,9H2,(H,25,26)(H,27,28)/b24-10-. The van der Waals surface area contributed by atoms with Crippen molar-refractivity contribution >= 4 is 50.2 Å². The van der Waals surface area contributed by atoms with Gasteiger partial charge in [0.1, 0.15) is 0 Å². The molecular formula is C19H14BrF3N4OS. The number of hydrogen-bond acceptors (Lipinski definition) is 5. The van der Waals surface area contributed by atoms with Crippen LogP contribution in [-0.4, -0.2) is 17.1 Å². The fourth-order valence-electron chi connectivity index (χ4n) is 2.27. The number of anilines is 2. The van der Waals surface area contributed by atoms with E-state index in [1.165, 1.54) is 29.7 Å². The van der Waals surface area contributed by atoms with Gasteiger partial charge >= 0.3 is 6.18 Å². The minimum absolute atomic E-state index is 0.00154. The second-order valence-electron chi connectivity index (χ2n) is 5.87. The van der Waals surface area contributed by atoms with Crippen LogP contribution in [0.15, 0.2) is 63.5 Å². The number of hydrogen-bond donors (Lipinski definition) is 2. The molecule has 0 unspecified atom stereocenters. The summed E-state index contributed by atoms with van der Waals surface area (Å²) < 4.78 is 39.3. The molecule has 0 aliphatic carbocycles. The maximum atomic E-state index is 12.8. The number of rotatable bonds is 6. The molecule has 3 aromatic rings. The number of aromatic nitrogens is 1. The van der Waals surface area contributed by atoms with Crippen molar-refractivity contribution in [3.8, 4) is 0 Å². The number of carbonyl (C=O) groups is 1. The summed E-state index contributed by atoms with van der Waals surface area (Å²) >= 11 is 4.53. The van der Waals surface area contributed by atoms with E-state index >= 15 is 0 Å². The Labute approximate surface area is 176 Å². The van der Waals surface area contributed by atoms with Crippen LogP contribution in [0.4, 0.5) is 24.0 Å². The van der Waals surface area contributed by atoms with Crippen molar-refractivity contribution < 1.29 is 18.0 Å². The zero-order valence-electron chi connectivity index (χ0n) is 14.7. The summed E-state index contributed by atoms with van der Waals surface area (Å²) in [6.45, 7) is 0. The Morgan fingerprint density at radius 3 is 2.69 bits per heavy atom. The first-order chi connectivity index (χ1) is 13.8. The lowest BCUT2D eigenvalue weighted by molar-refractivity contribution is -0.137. The molecule has 1 aromatic heterocycles. The minimum atomic E-state index is -4.42. The Morgan fingerprint density at radius 1 is 1.21 bits per heavy atom. The molecule has 1 heterocycles. The molecule has 0 saturated carbocycles. The van der Waals surface area contributed by atoms with Gasteiger partial charge in [-0.2, -0.15) is 18.3 Å². The van der Waals surface area contributed by atoms with Crippen molar-refractivity contribution in [2.45, 2.75) is 12.6 Å². The first-order valence-electron chi connectivity index (χ1n) is 8.26. The molecule has 10 heteroatoms. The molecular weight excluding hydrogens is 469 g/mol. The average molecular weight is 483 g/mol. The molecule has 150 valence electrons. The zero-order valence-corrected chi connectivity index (χ0v) is 17.1. The normalized spacial score (nSPS) is 11.6. The van der Waals surface area contributed by atoms with Crippen molar-refractivity contribution in [2.24, 2.45) is 5.10 Å². The first kappa shape index (κ1) is 21.0. The van der Waals surface area contributed by atoms with E-state index in [2.05, 4.69) is 36.8 Å². The largest absolute Gasteiger partial charge is 0.416 e. The summed E-state index contributed by atoms with van der Waals surface area (Å²) in [5.41, 5.74) is 3.25. The fourth-order valence-corrected chi connectivity index (χ4v) is 3.27. The third-order valence-electron chi connectivity index (χ3n) is 3.61. The number of nitrogens with one attached hydrogen (secondary N) is 2. The van der Waals surface area contributed by atoms with Gasteiger partial charge in [0.25, 0.3) is 0 Å². The third-order valence-corrected chi connectivity index (χ3v) is 4.94. The monoisotopic (exact) mass is 482 g/mol. The van der Waals surface area contributed by atoms with Gasteiger partial charge in [0, 0.05) is 15.5 Å². The molecule has 2 N–H and O–H groups in total. The van der Waals surface area contributed by atoms with Gasteiger partial charge in [-0.15, -0.1) is 11.3 Å². The van der Waals surface area contributed by atoms with Crippen LogP contribution in [0.25, 0.3) is 0 Å². The predicted molar refractivity (Wildman–Crippen MR) is 110 cm³/mol. The number of alkyl halides is 3. The van der Waals surface area contributed by atoms with Crippen LogP contribution in [0.5, 0.6) is 0 Å².